The number of hydrogen-bond acceptors (Lipinski definition) is 2. The average Bonchev–Trinajstić information content (AvgIpc) is 2.43. The van der Waals surface area contributed by atoms with Crippen molar-refractivity contribution in [2.24, 2.45) is 11.3 Å². The molecule has 18 heavy (non-hydrogen) atoms. The van der Waals surface area contributed by atoms with Gasteiger partial charge in [0.15, 0.2) is 0 Å². The molecule has 0 radical (unpaired) electrons. The lowest BCUT2D eigenvalue weighted by molar-refractivity contribution is 0.127. The molecule has 1 aliphatic rings. The molecule has 0 amide bonds. The number of unbranched alkanes of at least 4 members (excludes halogenated alkanes) is 1. The number of methoxy groups -OCH3 is 1. The molecule has 2 nitrogen and oxygen atoms in total. The third-order valence-electron chi connectivity index (χ3n) is 4.86. The highest BCUT2D eigenvalue weighted by molar-refractivity contribution is 4.86. The van der Waals surface area contributed by atoms with Crippen molar-refractivity contribution in [1.82, 2.24) is 5.32 Å². The summed E-state index contributed by atoms with van der Waals surface area (Å²) in [6.45, 7) is 7.69. The lowest BCUT2D eigenvalue weighted by atomic mass is 9.68. The van der Waals surface area contributed by atoms with Crippen molar-refractivity contribution in [3.63, 3.8) is 0 Å². The highest BCUT2D eigenvalue weighted by atomic mass is 16.5. The largest absolute Gasteiger partial charge is 0.383 e. The van der Waals surface area contributed by atoms with Crippen molar-refractivity contribution in [2.45, 2.75) is 65.2 Å². The molecule has 0 spiro atoms. The van der Waals surface area contributed by atoms with Gasteiger partial charge in [0.1, 0.15) is 0 Å². The molecule has 108 valence electrons. The van der Waals surface area contributed by atoms with Gasteiger partial charge in [0, 0.05) is 20.2 Å². The Hall–Kier alpha value is -0.0800. The van der Waals surface area contributed by atoms with Gasteiger partial charge in [-0.2, -0.15) is 0 Å². The summed E-state index contributed by atoms with van der Waals surface area (Å²) >= 11 is 0. The van der Waals surface area contributed by atoms with E-state index in [1.807, 2.05) is 0 Å². The molecule has 1 N–H and O–H groups in total. The van der Waals surface area contributed by atoms with Gasteiger partial charge in [-0.15, -0.1) is 0 Å². The van der Waals surface area contributed by atoms with Crippen molar-refractivity contribution in [3.8, 4) is 0 Å². The van der Waals surface area contributed by atoms with Crippen molar-refractivity contribution >= 4 is 0 Å². The maximum Gasteiger partial charge on any atom is 0.0587 e. The zero-order chi connectivity index (χ0) is 13.3. The average molecular weight is 255 g/mol. The molecule has 0 bridgehead atoms. The Morgan fingerprint density at radius 2 is 1.94 bits per heavy atom. The first-order chi connectivity index (χ1) is 8.76. The Balaban J connectivity index is 2.26. The van der Waals surface area contributed by atoms with Gasteiger partial charge >= 0.3 is 0 Å². The van der Waals surface area contributed by atoms with E-state index in [0.717, 1.165) is 19.1 Å². The van der Waals surface area contributed by atoms with E-state index >= 15 is 0 Å². The van der Waals surface area contributed by atoms with E-state index in [-0.39, 0.29) is 0 Å². The van der Waals surface area contributed by atoms with Gasteiger partial charge in [0.05, 0.1) is 6.61 Å². The van der Waals surface area contributed by atoms with Crippen LogP contribution in [0.5, 0.6) is 0 Å². The van der Waals surface area contributed by atoms with Crippen molar-refractivity contribution in [1.29, 1.82) is 0 Å². The van der Waals surface area contributed by atoms with E-state index in [1.54, 1.807) is 7.11 Å². The fourth-order valence-electron chi connectivity index (χ4n) is 3.25. The Morgan fingerprint density at radius 1 is 1.22 bits per heavy atom. The maximum atomic E-state index is 5.10. The van der Waals surface area contributed by atoms with Gasteiger partial charge in [0.25, 0.3) is 0 Å². The van der Waals surface area contributed by atoms with Crippen molar-refractivity contribution in [2.75, 3.05) is 26.8 Å². The second kappa shape index (κ2) is 8.92. The molecule has 1 rings (SSSR count). The van der Waals surface area contributed by atoms with Gasteiger partial charge < -0.3 is 10.1 Å². The molecular formula is C16H33NO. The van der Waals surface area contributed by atoms with Crippen LogP contribution >= 0.6 is 0 Å². The highest BCUT2D eigenvalue weighted by Crippen LogP contribution is 2.42. The van der Waals surface area contributed by atoms with Crippen LogP contribution in [0.15, 0.2) is 0 Å². The summed E-state index contributed by atoms with van der Waals surface area (Å²) in [6, 6.07) is 0. The lowest BCUT2D eigenvalue weighted by Gasteiger charge is -2.40. The number of hydrogen-bond donors (Lipinski definition) is 1. The Morgan fingerprint density at radius 3 is 2.50 bits per heavy atom. The maximum absolute atomic E-state index is 5.10. The fraction of sp³-hybridized carbons (Fsp3) is 1.00. The summed E-state index contributed by atoms with van der Waals surface area (Å²) in [6.07, 6.45) is 11.3. The van der Waals surface area contributed by atoms with Crippen LogP contribution in [0.2, 0.25) is 0 Å². The van der Waals surface area contributed by atoms with Crippen LogP contribution in [0.1, 0.15) is 65.2 Å². The van der Waals surface area contributed by atoms with E-state index in [4.69, 9.17) is 4.74 Å². The predicted molar refractivity (Wildman–Crippen MR) is 79.0 cm³/mol. The molecule has 0 saturated heterocycles. The summed E-state index contributed by atoms with van der Waals surface area (Å²) in [4.78, 5) is 0. The first-order valence-corrected chi connectivity index (χ1v) is 7.96. The minimum absolute atomic E-state index is 0.580. The van der Waals surface area contributed by atoms with Gasteiger partial charge in [-0.25, -0.2) is 0 Å². The van der Waals surface area contributed by atoms with Crippen LogP contribution in [-0.4, -0.2) is 26.8 Å². The number of rotatable bonds is 9. The molecule has 2 heteroatoms. The van der Waals surface area contributed by atoms with Gasteiger partial charge in [0.2, 0.25) is 0 Å². The minimum Gasteiger partial charge on any atom is -0.383 e. The third-order valence-corrected chi connectivity index (χ3v) is 4.86. The minimum atomic E-state index is 0.580. The molecular weight excluding hydrogens is 222 g/mol. The monoisotopic (exact) mass is 255 g/mol. The standard InChI is InChI=1S/C16H33NO/c1-4-6-7-15-8-10-16(5-2,11-9-15)14-17-12-13-18-3/h15,17H,4-14H2,1-3H3. The molecule has 0 aromatic rings. The zero-order valence-electron chi connectivity index (χ0n) is 12.8. The molecule has 0 heterocycles. The SMILES string of the molecule is CCCCC1CCC(CC)(CNCCOC)CC1. The summed E-state index contributed by atoms with van der Waals surface area (Å²) in [5, 5.41) is 3.58. The highest BCUT2D eigenvalue weighted by Gasteiger charge is 2.32. The Kier molecular flexibility index (Phi) is 7.92. The van der Waals surface area contributed by atoms with Crippen LogP contribution in [0.25, 0.3) is 0 Å². The first-order valence-electron chi connectivity index (χ1n) is 7.96. The van der Waals surface area contributed by atoms with Crippen LogP contribution in [0.4, 0.5) is 0 Å². The molecule has 0 aromatic heterocycles. The van der Waals surface area contributed by atoms with E-state index in [1.165, 1.54) is 57.9 Å². The van der Waals surface area contributed by atoms with Gasteiger partial charge in [-0.1, -0.05) is 33.1 Å². The molecule has 0 aromatic carbocycles. The fourth-order valence-corrected chi connectivity index (χ4v) is 3.25. The van der Waals surface area contributed by atoms with Gasteiger partial charge in [-0.3, -0.25) is 0 Å². The molecule has 0 aliphatic heterocycles. The van der Waals surface area contributed by atoms with Crippen LogP contribution in [0, 0.1) is 11.3 Å². The van der Waals surface area contributed by atoms with Crippen LogP contribution < -0.4 is 5.32 Å². The van der Waals surface area contributed by atoms with Crippen LogP contribution in [-0.2, 0) is 4.74 Å². The molecule has 1 saturated carbocycles. The Bertz CT molecular complexity index is 197. The predicted octanol–water partition coefficient (Wildman–Crippen LogP) is 4.00. The van der Waals surface area contributed by atoms with Gasteiger partial charge in [-0.05, 0) is 43.4 Å². The van der Waals surface area contributed by atoms with Crippen molar-refractivity contribution in [3.05, 3.63) is 0 Å². The molecule has 0 atom stereocenters. The normalized spacial score (nSPS) is 28.5. The zero-order valence-corrected chi connectivity index (χ0v) is 12.8. The third kappa shape index (κ3) is 5.27. The summed E-state index contributed by atoms with van der Waals surface area (Å²) in [7, 11) is 1.77. The number of ether oxygens (including phenoxy) is 1. The quantitative estimate of drug-likeness (QED) is 0.629. The molecule has 0 unspecified atom stereocenters. The van der Waals surface area contributed by atoms with E-state index < -0.39 is 0 Å². The summed E-state index contributed by atoms with van der Waals surface area (Å²) < 4.78 is 5.10. The topological polar surface area (TPSA) is 21.3 Å². The summed E-state index contributed by atoms with van der Waals surface area (Å²) in [5.74, 6) is 1.02. The summed E-state index contributed by atoms with van der Waals surface area (Å²) in [5.41, 5.74) is 0.580. The van der Waals surface area contributed by atoms with Crippen LogP contribution in [0.3, 0.4) is 0 Å². The van der Waals surface area contributed by atoms with Crippen molar-refractivity contribution < 1.29 is 4.74 Å². The molecule has 1 fully saturated rings. The first kappa shape index (κ1) is 16.0. The smallest absolute Gasteiger partial charge is 0.0587 e. The Labute approximate surface area is 114 Å². The number of nitrogens with one attached hydrogen (secondary N) is 1. The second-order valence-electron chi connectivity index (χ2n) is 6.11. The second-order valence-corrected chi connectivity index (χ2v) is 6.11. The molecule has 1 aliphatic carbocycles. The van der Waals surface area contributed by atoms with E-state index in [9.17, 15) is 0 Å². The lowest BCUT2D eigenvalue weighted by Crippen LogP contribution is -2.38. The van der Waals surface area contributed by atoms with E-state index in [2.05, 4.69) is 19.2 Å². The van der Waals surface area contributed by atoms with E-state index in [0.29, 0.717) is 5.41 Å².